The number of methoxy groups -OCH3 is 1. The summed E-state index contributed by atoms with van der Waals surface area (Å²) in [6, 6.07) is 5.25. The van der Waals surface area contributed by atoms with Gasteiger partial charge in [0.25, 0.3) is 0 Å². The molecule has 0 saturated heterocycles. The van der Waals surface area contributed by atoms with Crippen LogP contribution in [0, 0.1) is 0 Å². The largest absolute Gasteiger partial charge is 0.496 e. The lowest BCUT2D eigenvalue weighted by Crippen LogP contribution is -2.36. The summed E-state index contributed by atoms with van der Waals surface area (Å²) in [5, 5.41) is 18.3. The molecule has 1 aromatic rings. The maximum Gasteiger partial charge on any atom is 0.323 e. The number of hydrogen-bond acceptors (Lipinski definition) is 4. The number of carboxylic acid groups (broad SMARTS) is 1. The number of para-hydroxylation sites is 1. The molecule has 0 bridgehead atoms. The van der Waals surface area contributed by atoms with Crippen molar-refractivity contribution in [1.29, 1.82) is 0 Å². The Balaban J connectivity index is 2.99. The number of benzene rings is 1. The number of aliphatic carboxylic acids is 1. The van der Waals surface area contributed by atoms with Gasteiger partial charge < -0.3 is 20.7 Å². The van der Waals surface area contributed by atoms with E-state index >= 15 is 0 Å². The van der Waals surface area contributed by atoms with Crippen molar-refractivity contribution in [3.8, 4) is 5.75 Å². The first-order valence-electron chi connectivity index (χ1n) is 4.37. The molecule has 82 valence electrons. The molecule has 15 heavy (non-hydrogen) atoms. The van der Waals surface area contributed by atoms with E-state index in [-0.39, 0.29) is 0 Å². The highest BCUT2D eigenvalue weighted by atomic mass is 16.5. The lowest BCUT2D eigenvalue weighted by Gasteiger charge is -2.17. The zero-order valence-corrected chi connectivity index (χ0v) is 8.25. The van der Waals surface area contributed by atoms with Gasteiger partial charge >= 0.3 is 5.97 Å². The number of carbonyl (C=O) groups is 1. The molecular weight excluding hydrogens is 198 g/mol. The van der Waals surface area contributed by atoms with Crippen molar-refractivity contribution in [3.05, 3.63) is 29.8 Å². The number of carboxylic acids is 1. The van der Waals surface area contributed by atoms with E-state index < -0.39 is 18.1 Å². The standard InChI is InChI=1S/C10H13NO4/c1-15-7-5-3-2-4-6(7)9(12)8(11)10(13)14/h2-5,8-9,12H,11H2,1H3,(H,13,14)/t8-,9-/m0/s1. The quantitative estimate of drug-likeness (QED) is 0.658. The predicted molar refractivity (Wildman–Crippen MR) is 53.6 cm³/mol. The van der Waals surface area contributed by atoms with Crippen LogP contribution in [0.15, 0.2) is 24.3 Å². The molecule has 0 amide bonds. The van der Waals surface area contributed by atoms with Gasteiger partial charge in [-0.25, -0.2) is 0 Å². The lowest BCUT2D eigenvalue weighted by molar-refractivity contribution is -0.141. The summed E-state index contributed by atoms with van der Waals surface area (Å²) in [5.41, 5.74) is 5.68. The van der Waals surface area contributed by atoms with E-state index in [1.165, 1.54) is 7.11 Å². The highest BCUT2D eigenvalue weighted by Gasteiger charge is 2.25. The molecule has 4 N–H and O–H groups in total. The van der Waals surface area contributed by atoms with Crippen molar-refractivity contribution in [2.45, 2.75) is 12.1 Å². The van der Waals surface area contributed by atoms with Gasteiger partial charge in [-0.3, -0.25) is 4.79 Å². The van der Waals surface area contributed by atoms with Gasteiger partial charge in [-0.2, -0.15) is 0 Å². The Morgan fingerprint density at radius 3 is 2.60 bits per heavy atom. The summed E-state index contributed by atoms with van der Waals surface area (Å²) in [7, 11) is 1.44. The molecule has 0 unspecified atom stereocenters. The molecule has 1 aromatic carbocycles. The van der Waals surface area contributed by atoms with E-state index in [4.69, 9.17) is 15.6 Å². The van der Waals surface area contributed by atoms with Gasteiger partial charge in [-0.05, 0) is 6.07 Å². The van der Waals surface area contributed by atoms with Crippen molar-refractivity contribution in [2.24, 2.45) is 5.73 Å². The second-order valence-electron chi connectivity index (χ2n) is 3.05. The van der Waals surface area contributed by atoms with Crippen molar-refractivity contribution < 1.29 is 19.7 Å². The Kier molecular flexibility index (Phi) is 3.65. The van der Waals surface area contributed by atoms with Gasteiger partial charge in [0.15, 0.2) is 0 Å². The SMILES string of the molecule is COc1ccccc1[C@H](O)[C@H](N)C(=O)O. The van der Waals surface area contributed by atoms with Crippen LogP contribution in [-0.2, 0) is 4.79 Å². The van der Waals surface area contributed by atoms with E-state index in [0.29, 0.717) is 11.3 Å². The van der Waals surface area contributed by atoms with Crippen molar-refractivity contribution in [3.63, 3.8) is 0 Å². The Morgan fingerprint density at radius 2 is 2.07 bits per heavy atom. The number of ether oxygens (including phenoxy) is 1. The van der Waals surface area contributed by atoms with Crippen molar-refractivity contribution >= 4 is 5.97 Å². The van der Waals surface area contributed by atoms with Gasteiger partial charge in [-0.15, -0.1) is 0 Å². The van der Waals surface area contributed by atoms with Crippen LogP contribution in [0.4, 0.5) is 0 Å². The minimum Gasteiger partial charge on any atom is -0.496 e. The van der Waals surface area contributed by atoms with Crippen LogP contribution in [0.1, 0.15) is 11.7 Å². The molecule has 2 atom stereocenters. The molecule has 0 aliphatic carbocycles. The number of rotatable bonds is 4. The molecule has 0 aliphatic rings. The number of hydrogen-bond donors (Lipinski definition) is 3. The highest BCUT2D eigenvalue weighted by Crippen LogP contribution is 2.26. The third-order valence-electron chi connectivity index (χ3n) is 2.08. The van der Waals surface area contributed by atoms with Crippen LogP contribution >= 0.6 is 0 Å². The molecule has 0 aliphatic heterocycles. The monoisotopic (exact) mass is 211 g/mol. The normalized spacial score (nSPS) is 14.3. The smallest absolute Gasteiger partial charge is 0.323 e. The van der Waals surface area contributed by atoms with E-state index in [0.717, 1.165) is 0 Å². The summed E-state index contributed by atoms with van der Waals surface area (Å²) in [5.74, 6) is -0.838. The molecule has 0 saturated carbocycles. The van der Waals surface area contributed by atoms with E-state index in [2.05, 4.69) is 0 Å². The van der Waals surface area contributed by atoms with E-state index in [1.807, 2.05) is 0 Å². The van der Waals surface area contributed by atoms with Gasteiger partial charge in [0.1, 0.15) is 17.9 Å². The Labute approximate surface area is 87.1 Å². The fourth-order valence-corrected chi connectivity index (χ4v) is 1.24. The molecule has 0 fully saturated rings. The maximum absolute atomic E-state index is 10.6. The summed E-state index contributed by atoms with van der Waals surface area (Å²) < 4.78 is 4.99. The molecule has 0 aromatic heterocycles. The number of aliphatic hydroxyl groups excluding tert-OH is 1. The summed E-state index contributed by atoms with van der Waals surface area (Å²) >= 11 is 0. The summed E-state index contributed by atoms with van der Waals surface area (Å²) in [6.45, 7) is 0. The summed E-state index contributed by atoms with van der Waals surface area (Å²) in [6.07, 6.45) is -1.28. The topological polar surface area (TPSA) is 92.8 Å². The zero-order valence-electron chi connectivity index (χ0n) is 8.25. The molecule has 0 spiro atoms. The maximum atomic E-state index is 10.6. The minimum atomic E-state index is -1.36. The molecule has 0 radical (unpaired) electrons. The average molecular weight is 211 g/mol. The predicted octanol–water partition coefficient (Wildman–Crippen LogP) is 0.140. The zero-order chi connectivity index (χ0) is 11.4. The molecular formula is C10H13NO4. The summed E-state index contributed by atoms with van der Waals surface area (Å²) in [4.78, 5) is 10.6. The lowest BCUT2D eigenvalue weighted by atomic mass is 10.0. The van der Waals surface area contributed by atoms with Crippen LogP contribution < -0.4 is 10.5 Å². The molecule has 5 heteroatoms. The molecule has 0 heterocycles. The highest BCUT2D eigenvalue weighted by molar-refractivity contribution is 5.74. The average Bonchev–Trinajstić information content (AvgIpc) is 2.26. The molecule has 5 nitrogen and oxygen atoms in total. The van der Waals surface area contributed by atoms with E-state index in [1.54, 1.807) is 24.3 Å². The first kappa shape index (κ1) is 11.5. The third kappa shape index (κ3) is 2.45. The van der Waals surface area contributed by atoms with Gasteiger partial charge in [0.2, 0.25) is 0 Å². The first-order valence-corrected chi connectivity index (χ1v) is 4.37. The second-order valence-corrected chi connectivity index (χ2v) is 3.05. The first-order chi connectivity index (χ1) is 7.07. The Hall–Kier alpha value is -1.59. The Morgan fingerprint density at radius 1 is 1.47 bits per heavy atom. The fourth-order valence-electron chi connectivity index (χ4n) is 1.24. The number of aliphatic hydroxyl groups is 1. The van der Waals surface area contributed by atoms with Crippen molar-refractivity contribution in [1.82, 2.24) is 0 Å². The van der Waals surface area contributed by atoms with Gasteiger partial charge in [-0.1, -0.05) is 18.2 Å². The molecule has 1 rings (SSSR count). The van der Waals surface area contributed by atoms with Crippen LogP contribution in [-0.4, -0.2) is 29.3 Å². The fraction of sp³-hybridized carbons (Fsp3) is 0.300. The van der Waals surface area contributed by atoms with Gasteiger partial charge in [0, 0.05) is 5.56 Å². The third-order valence-corrected chi connectivity index (χ3v) is 2.08. The Bertz CT molecular complexity index is 353. The van der Waals surface area contributed by atoms with E-state index in [9.17, 15) is 9.90 Å². The van der Waals surface area contributed by atoms with Crippen LogP contribution in [0.2, 0.25) is 0 Å². The van der Waals surface area contributed by atoms with Crippen LogP contribution in [0.25, 0.3) is 0 Å². The number of nitrogens with two attached hydrogens (primary N) is 1. The van der Waals surface area contributed by atoms with Gasteiger partial charge in [0.05, 0.1) is 7.11 Å². The van der Waals surface area contributed by atoms with Crippen molar-refractivity contribution in [2.75, 3.05) is 7.11 Å². The minimum absolute atomic E-state index is 0.370. The van der Waals surface area contributed by atoms with Crippen LogP contribution in [0.5, 0.6) is 5.75 Å². The second kappa shape index (κ2) is 4.77. The van der Waals surface area contributed by atoms with Crippen LogP contribution in [0.3, 0.4) is 0 Å².